The first-order valence-electron chi connectivity index (χ1n) is 6.01. The molecule has 1 amide bonds. The second-order valence-corrected chi connectivity index (χ2v) is 6.97. The molecule has 0 saturated carbocycles. The van der Waals surface area contributed by atoms with Crippen molar-refractivity contribution in [1.82, 2.24) is 10.3 Å². The van der Waals surface area contributed by atoms with E-state index in [-0.39, 0.29) is 17.8 Å². The Kier molecular flexibility index (Phi) is 6.23. The summed E-state index contributed by atoms with van der Waals surface area (Å²) in [7, 11) is -0.827. The molecule has 0 radical (unpaired) electrons. The first kappa shape index (κ1) is 15.9. The topological polar surface area (TPSA) is 97.1 Å². The quantitative estimate of drug-likeness (QED) is 0.654. The Balaban J connectivity index is 2.52. The summed E-state index contributed by atoms with van der Waals surface area (Å²) in [5.74, 6) is 0.594. The SMILES string of the molecule is CC(C)Nc1nc(N)c(C(=O)NCCCS(C)=O)s1. The zero-order valence-corrected chi connectivity index (χ0v) is 13.0. The number of thiazole rings is 1. The van der Waals surface area contributed by atoms with Crippen molar-refractivity contribution in [1.29, 1.82) is 0 Å². The number of rotatable bonds is 7. The Morgan fingerprint density at radius 3 is 2.79 bits per heavy atom. The standard InChI is InChI=1S/C11H20N4O2S2/c1-7(2)14-11-15-9(12)8(18-11)10(16)13-5-4-6-19(3)17/h7H,4-6,12H2,1-3H3,(H,13,16)(H,14,15). The van der Waals surface area contributed by atoms with Gasteiger partial charge in [0.15, 0.2) is 5.13 Å². The van der Waals surface area contributed by atoms with Crippen molar-refractivity contribution in [2.24, 2.45) is 0 Å². The molecule has 0 aliphatic rings. The number of nitrogen functional groups attached to an aromatic ring is 1. The molecule has 1 aromatic heterocycles. The maximum absolute atomic E-state index is 11.9. The Labute approximate surface area is 119 Å². The summed E-state index contributed by atoms with van der Waals surface area (Å²) < 4.78 is 10.9. The number of amides is 1. The minimum Gasteiger partial charge on any atom is -0.382 e. The molecule has 1 rings (SSSR count). The number of nitrogens with zero attached hydrogens (tertiary/aromatic N) is 1. The first-order chi connectivity index (χ1) is 8.90. The van der Waals surface area contributed by atoms with E-state index in [0.29, 0.717) is 28.7 Å². The molecule has 8 heteroatoms. The number of aromatic nitrogens is 1. The fraction of sp³-hybridized carbons (Fsp3) is 0.636. The molecule has 0 aromatic carbocycles. The van der Waals surface area contributed by atoms with E-state index in [9.17, 15) is 9.00 Å². The average molecular weight is 304 g/mol. The van der Waals surface area contributed by atoms with E-state index >= 15 is 0 Å². The Hall–Kier alpha value is -1.15. The summed E-state index contributed by atoms with van der Waals surface area (Å²) in [4.78, 5) is 16.4. The normalized spacial score (nSPS) is 12.4. The van der Waals surface area contributed by atoms with Crippen LogP contribution in [0.5, 0.6) is 0 Å². The van der Waals surface area contributed by atoms with Crippen LogP contribution in [0.1, 0.15) is 29.9 Å². The van der Waals surface area contributed by atoms with E-state index in [1.54, 1.807) is 6.26 Å². The minimum absolute atomic E-state index is 0.228. The number of hydrogen-bond donors (Lipinski definition) is 3. The summed E-state index contributed by atoms with van der Waals surface area (Å²) in [5.41, 5.74) is 5.72. The van der Waals surface area contributed by atoms with Crippen molar-refractivity contribution < 1.29 is 9.00 Å². The van der Waals surface area contributed by atoms with Crippen LogP contribution in [0.4, 0.5) is 10.9 Å². The molecule has 0 aliphatic carbocycles. The Morgan fingerprint density at radius 1 is 1.53 bits per heavy atom. The molecule has 108 valence electrons. The van der Waals surface area contributed by atoms with Gasteiger partial charge in [-0.15, -0.1) is 0 Å². The Morgan fingerprint density at radius 2 is 2.21 bits per heavy atom. The summed E-state index contributed by atoms with van der Waals surface area (Å²) in [5, 5.41) is 6.51. The molecule has 0 spiro atoms. The van der Waals surface area contributed by atoms with Gasteiger partial charge in [-0.2, -0.15) is 0 Å². The van der Waals surface area contributed by atoms with Crippen molar-refractivity contribution in [2.45, 2.75) is 26.3 Å². The van der Waals surface area contributed by atoms with Crippen LogP contribution in [0.15, 0.2) is 0 Å². The van der Waals surface area contributed by atoms with Gasteiger partial charge in [-0.25, -0.2) is 4.98 Å². The molecule has 1 unspecified atom stereocenters. The summed E-state index contributed by atoms with van der Waals surface area (Å²) in [6.07, 6.45) is 2.33. The second kappa shape index (κ2) is 7.44. The highest BCUT2D eigenvalue weighted by Crippen LogP contribution is 2.25. The fourth-order valence-electron chi connectivity index (χ4n) is 1.36. The highest BCUT2D eigenvalue weighted by atomic mass is 32.2. The lowest BCUT2D eigenvalue weighted by Gasteiger charge is -2.04. The van der Waals surface area contributed by atoms with E-state index in [1.807, 2.05) is 13.8 Å². The zero-order chi connectivity index (χ0) is 14.4. The van der Waals surface area contributed by atoms with Crippen LogP contribution >= 0.6 is 11.3 Å². The summed E-state index contributed by atoms with van der Waals surface area (Å²) in [6.45, 7) is 4.47. The molecule has 1 aromatic rings. The van der Waals surface area contributed by atoms with Gasteiger partial charge in [0.1, 0.15) is 10.7 Å². The number of hydrogen-bond acceptors (Lipinski definition) is 6. The molecule has 0 aliphatic heterocycles. The number of carbonyl (C=O) groups is 1. The number of carbonyl (C=O) groups excluding carboxylic acids is 1. The molecule has 4 N–H and O–H groups in total. The van der Waals surface area contributed by atoms with Gasteiger partial charge < -0.3 is 16.4 Å². The minimum atomic E-state index is -0.827. The third-order valence-corrected chi connectivity index (χ3v) is 4.03. The van der Waals surface area contributed by atoms with E-state index in [0.717, 1.165) is 0 Å². The maximum atomic E-state index is 11.9. The van der Waals surface area contributed by atoms with Crippen LogP contribution < -0.4 is 16.4 Å². The van der Waals surface area contributed by atoms with E-state index in [4.69, 9.17) is 5.73 Å². The van der Waals surface area contributed by atoms with Crippen molar-refractivity contribution in [3.63, 3.8) is 0 Å². The molecule has 1 atom stereocenters. The molecule has 0 bridgehead atoms. The van der Waals surface area contributed by atoms with Crippen LogP contribution in [0.25, 0.3) is 0 Å². The second-order valence-electron chi connectivity index (χ2n) is 4.42. The molecular weight excluding hydrogens is 284 g/mol. The van der Waals surface area contributed by atoms with Crippen LogP contribution in [-0.4, -0.2) is 39.7 Å². The van der Waals surface area contributed by atoms with Crippen molar-refractivity contribution in [2.75, 3.05) is 29.6 Å². The molecule has 1 heterocycles. The van der Waals surface area contributed by atoms with Gasteiger partial charge >= 0.3 is 0 Å². The van der Waals surface area contributed by atoms with Crippen molar-refractivity contribution >= 4 is 39.0 Å². The van der Waals surface area contributed by atoms with E-state index in [1.165, 1.54) is 11.3 Å². The van der Waals surface area contributed by atoms with Gasteiger partial charge in [0.2, 0.25) is 0 Å². The molecule has 6 nitrogen and oxygen atoms in total. The van der Waals surface area contributed by atoms with Crippen LogP contribution in [0, 0.1) is 0 Å². The van der Waals surface area contributed by atoms with Crippen LogP contribution in [0.3, 0.4) is 0 Å². The predicted molar refractivity (Wildman–Crippen MR) is 81.2 cm³/mol. The zero-order valence-electron chi connectivity index (χ0n) is 11.4. The Bertz CT molecular complexity index is 460. The van der Waals surface area contributed by atoms with E-state index in [2.05, 4.69) is 15.6 Å². The van der Waals surface area contributed by atoms with Gasteiger partial charge in [0, 0.05) is 35.4 Å². The van der Waals surface area contributed by atoms with Gasteiger partial charge in [0.25, 0.3) is 5.91 Å². The predicted octanol–water partition coefficient (Wildman–Crippen LogP) is 1.04. The number of nitrogens with one attached hydrogen (secondary N) is 2. The van der Waals surface area contributed by atoms with E-state index < -0.39 is 10.8 Å². The lowest BCUT2D eigenvalue weighted by atomic mass is 10.4. The highest BCUT2D eigenvalue weighted by Gasteiger charge is 2.16. The molecule has 0 fully saturated rings. The number of nitrogens with two attached hydrogens (primary N) is 1. The molecule has 19 heavy (non-hydrogen) atoms. The largest absolute Gasteiger partial charge is 0.382 e. The maximum Gasteiger partial charge on any atom is 0.265 e. The smallest absolute Gasteiger partial charge is 0.265 e. The highest BCUT2D eigenvalue weighted by molar-refractivity contribution is 7.84. The van der Waals surface area contributed by atoms with Gasteiger partial charge in [0.05, 0.1) is 0 Å². The fourth-order valence-corrected chi connectivity index (χ4v) is 2.86. The van der Waals surface area contributed by atoms with Gasteiger partial charge in [-0.3, -0.25) is 9.00 Å². The summed E-state index contributed by atoms with van der Waals surface area (Å²) in [6, 6.07) is 0.237. The van der Waals surface area contributed by atoms with Crippen molar-refractivity contribution in [3.8, 4) is 0 Å². The van der Waals surface area contributed by atoms with Gasteiger partial charge in [-0.05, 0) is 20.3 Å². The molecule has 0 saturated heterocycles. The average Bonchev–Trinajstić information content (AvgIpc) is 2.64. The van der Waals surface area contributed by atoms with Crippen molar-refractivity contribution in [3.05, 3.63) is 4.88 Å². The number of anilines is 2. The van der Waals surface area contributed by atoms with Gasteiger partial charge in [-0.1, -0.05) is 11.3 Å². The third kappa shape index (κ3) is 5.56. The molecular formula is C11H20N4O2S2. The first-order valence-corrected chi connectivity index (χ1v) is 8.55. The van der Waals surface area contributed by atoms with Crippen LogP contribution in [-0.2, 0) is 10.8 Å². The van der Waals surface area contributed by atoms with Crippen LogP contribution in [0.2, 0.25) is 0 Å². The lowest BCUT2D eigenvalue weighted by molar-refractivity contribution is 0.0958. The third-order valence-electron chi connectivity index (χ3n) is 2.17. The lowest BCUT2D eigenvalue weighted by Crippen LogP contribution is -2.25. The summed E-state index contributed by atoms with van der Waals surface area (Å²) >= 11 is 1.24. The monoisotopic (exact) mass is 304 g/mol.